The highest BCUT2D eigenvalue weighted by molar-refractivity contribution is 5.94. The van der Waals surface area contributed by atoms with Crippen molar-refractivity contribution in [3.05, 3.63) is 38.3 Å². The van der Waals surface area contributed by atoms with Gasteiger partial charge in [0.25, 0.3) is 17.2 Å². The quantitative estimate of drug-likeness (QED) is 0.541. The molecular weight excluding hydrogens is 266 g/mol. The Morgan fingerprint density at radius 3 is 2.75 bits per heavy atom. The first-order valence-electron chi connectivity index (χ1n) is 6.29. The van der Waals surface area contributed by atoms with Gasteiger partial charge in [-0.25, -0.2) is 0 Å². The molecule has 8 nitrogen and oxygen atoms in total. The number of hydrogen-bond acceptors (Lipinski definition) is 5. The van der Waals surface area contributed by atoms with Crippen molar-refractivity contribution in [3.63, 3.8) is 0 Å². The van der Waals surface area contributed by atoms with Gasteiger partial charge in [0.05, 0.1) is 16.7 Å². The zero-order chi connectivity index (χ0) is 14.8. The molecule has 0 atom stereocenters. The second-order valence-electron chi connectivity index (χ2n) is 4.97. The number of carbonyl (C=O) groups excluding carboxylic acids is 1. The van der Waals surface area contributed by atoms with E-state index in [1.165, 1.54) is 0 Å². The van der Waals surface area contributed by atoms with Gasteiger partial charge in [0.1, 0.15) is 5.56 Å². The van der Waals surface area contributed by atoms with Crippen molar-refractivity contribution in [2.45, 2.75) is 31.3 Å². The van der Waals surface area contributed by atoms with E-state index in [4.69, 9.17) is 0 Å². The Balaban J connectivity index is 2.11. The normalized spacial score (nSPS) is 16.9. The average molecular weight is 281 g/mol. The third kappa shape index (κ3) is 3.02. The van der Waals surface area contributed by atoms with E-state index in [0.29, 0.717) is 12.8 Å². The van der Waals surface area contributed by atoms with E-state index in [2.05, 4.69) is 10.3 Å². The van der Waals surface area contributed by atoms with Gasteiger partial charge in [-0.05, 0) is 12.8 Å². The lowest BCUT2D eigenvalue weighted by Crippen LogP contribution is -2.42. The topological polar surface area (TPSA) is 125 Å². The van der Waals surface area contributed by atoms with Crippen molar-refractivity contribution in [2.75, 3.05) is 6.54 Å². The summed E-state index contributed by atoms with van der Waals surface area (Å²) in [4.78, 5) is 35.5. The van der Waals surface area contributed by atoms with Crippen LogP contribution in [0.15, 0.2) is 17.1 Å². The fraction of sp³-hybridized carbons (Fsp3) is 0.500. The van der Waals surface area contributed by atoms with Crippen molar-refractivity contribution in [1.82, 2.24) is 10.3 Å². The van der Waals surface area contributed by atoms with Crippen LogP contribution in [0.25, 0.3) is 0 Å². The highest BCUT2D eigenvalue weighted by Gasteiger charge is 2.31. The minimum absolute atomic E-state index is 0.0357. The highest BCUT2D eigenvalue weighted by Crippen LogP contribution is 2.28. The number of aromatic amines is 1. The smallest absolute Gasteiger partial charge is 0.286 e. The first-order valence-corrected chi connectivity index (χ1v) is 6.29. The summed E-state index contributed by atoms with van der Waals surface area (Å²) in [5.41, 5.74) is -2.34. The molecule has 2 rings (SSSR count). The minimum atomic E-state index is -0.941. The fourth-order valence-corrected chi connectivity index (χ4v) is 2.30. The molecule has 0 aliphatic heterocycles. The molecule has 1 heterocycles. The number of nitro groups is 1. The molecule has 1 aliphatic carbocycles. The van der Waals surface area contributed by atoms with Gasteiger partial charge in [-0.15, -0.1) is 0 Å². The lowest BCUT2D eigenvalue weighted by atomic mass is 10.0. The lowest BCUT2D eigenvalue weighted by molar-refractivity contribution is -0.385. The first kappa shape index (κ1) is 14.2. The van der Waals surface area contributed by atoms with Gasteiger partial charge in [-0.3, -0.25) is 19.7 Å². The Bertz CT molecular complexity index is 589. The van der Waals surface area contributed by atoms with Gasteiger partial charge in [-0.1, -0.05) is 12.8 Å². The number of aromatic nitrogens is 1. The summed E-state index contributed by atoms with van der Waals surface area (Å²) in [5, 5.41) is 23.2. The molecule has 1 aromatic heterocycles. The summed E-state index contributed by atoms with van der Waals surface area (Å²) in [7, 11) is 0. The van der Waals surface area contributed by atoms with Crippen molar-refractivity contribution in [1.29, 1.82) is 0 Å². The summed E-state index contributed by atoms with van der Waals surface area (Å²) in [6.45, 7) is 0.0357. The number of nitrogens with zero attached hydrogens (tertiary/aromatic N) is 1. The molecule has 0 spiro atoms. The summed E-state index contributed by atoms with van der Waals surface area (Å²) in [6, 6.07) is 0.923. The van der Waals surface area contributed by atoms with E-state index < -0.39 is 22.0 Å². The number of hydrogen-bond donors (Lipinski definition) is 3. The number of rotatable bonds is 4. The van der Waals surface area contributed by atoms with E-state index in [9.17, 15) is 24.8 Å². The Morgan fingerprint density at radius 1 is 1.50 bits per heavy atom. The van der Waals surface area contributed by atoms with Crippen LogP contribution in [0.1, 0.15) is 36.0 Å². The second-order valence-corrected chi connectivity index (χ2v) is 4.97. The molecule has 1 aliphatic rings. The van der Waals surface area contributed by atoms with Gasteiger partial charge in [0.15, 0.2) is 0 Å². The Morgan fingerprint density at radius 2 is 2.15 bits per heavy atom. The maximum Gasteiger partial charge on any atom is 0.286 e. The predicted molar refractivity (Wildman–Crippen MR) is 69.5 cm³/mol. The molecule has 1 amide bonds. The molecule has 8 heteroatoms. The second kappa shape index (κ2) is 5.41. The standard InChI is InChI=1S/C12H15N3O5/c16-10-9(5-8(6-13-10)15(19)20)11(17)14-7-12(18)3-1-2-4-12/h5-6,18H,1-4,7H2,(H,13,16)(H,14,17). The SMILES string of the molecule is O=C(NCC1(O)CCCC1)c1cc([N+](=O)[O-])c[nH]c1=O. The molecule has 1 fully saturated rings. The van der Waals surface area contributed by atoms with E-state index >= 15 is 0 Å². The maximum absolute atomic E-state index is 11.9. The van der Waals surface area contributed by atoms with Crippen LogP contribution in [-0.4, -0.2) is 33.1 Å². The van der Waals surface area contributed by atoms with Gasteiger partial charge in [0, 0.05) is 12.6 Å². The number of nitrogens with one attached hydrogen (secondary N) is 2. The minimum Gasteiger partial charge on any atom is -0.388 e. The number of aliphatic hydroxyl groups is 1. The van der Waals surface area contributed by atoms with E-state index in [0.717, 1.165) is 25.1 Å². The molecule has 0 radical (unpaired) electrons. The highest BCUT2D eigenvalue weighted by atomic mass is 16.6. The van der Waals surface area contributed by atoms with Crippen LogP contribution in [0.5, 0.6) is 0 Å². The third-order valence-electron chi connectivity index (χ3n) is 3.46. The van der Waals surface area contributed by atoms with Crippen molar-refractivity contribution in [3.8, 4) is 0 Å². The van der Waals surface area contributed by atoms with E-state index in [1.54, 1.807) is 0 Å². The number of pyridine rings is 1. The van der Waals surface area contributed by atoms with Gasteiger partial charge in [0.2, 0.25) is 0 Å². The molecule has 108 valence electrons. The molecule has 3 N–H and O–H groups in total. The average Bonchev–Trinajstić information content (AvgIpc) is 2.84. The van der Waals surface area contributed by atoms with Crippen LogP contribution < -0.4 is 10.9 Å². The van der Waals surface area contributed by atoms with Crippen LogP contribution >= 0.6 is 0 Å². The molecular formula is C12H15N3O5. The van der Waals surface area contributed by atoms with Gasteiger partial charge in [-0.2, -0.15) is 0 Å². The first-order chi connectivity index (χ1) is 9.41. The molecule has 1 aromatic rings. The van der Waals surface area contributed by atoms with Crippen molar-refractivity contribution >= 4 is 11.6 Å². The number of amides is 1. The molecule has 0 unspecified atom stereocenters. The molecule has 20 heavy (non-hydrogen) atoms. The van der Waals surface area contributed by atoms with E-state index in [1.807, 2.05) is 0 Å². The maximum atomic E-state index is 11.9. The predicted octanol–water partition coefficient (Wildman–Crippen LogP) is 0.318. The van der Waals surface area contributed by atoms with Gasteiger partial charge < -0.3 is 15.4 Å². The molecule has 0 aromatic carbocycles. The van der Waals surface area contributed by atoms with Crippen LogP contribution in [0.3, 0.4) is 0 Å². The van der Waals surface area contributed by atoms with Crippen molar-refractivity contribution < 1.29 is 14.8 Å². The Kier molecular flexibility index (Phi) is 3.84. The monoisotopic (exact) mass is 281 g/mol. The van der Waals surface area contributed by atoms with Crippen LogP contribution in [0, 0.1) is 10.1 Å². The summed E-state index contributed by atoms with van der Waals surface area (Å²) < 4.78 is 0. The van der Waals surface area contributed by atoms with Crippen LogP contribution in [-0.2, 0) is 0 Å². The van der Waals surface area contributed by atoms with Crippen LogP contribution in [0.2, 0.25) is 0 Å². The third-order valence-corrected chi connectivity index (χ3v) is 3.46. The Labute approximate surface area is 114 Å². The zero-order valence-corrected chi connectivity index (χ0v) is 10.7. The molecule has 1 saturated carbocycles. The van der Waals surface area contributed by atoms with Crippen LogP contribution in [0.4, 0.5) is 5.69 Å². The zero-order valence-electron chi connectivity index (χ0n) is 10.7. The fourth-order valence-electron chi connectivity index (χ4n) is 2.30. The van der Waals surface area contributed by atoms with E-state index in [-0.39, 0.29) is 17.8 Å². The Hall–Kier alpha value is -2.22. The number of H-pyrrole nitrogens is 1. The summed E-state index contributed by atoms with van der Waals surface area (Å²) >= 11 is 0. The largest absolute Gasteiger partial charge is 0.388 e. The number of carbonyl (C=O) groups is 1. The van der Waals surface area contributed by atoms with Crippen molar-refractivity contribution in [2.24, 2.45) is 0 Å². The summed E-state index contributed by atoms with van der Waals surface area (Å²) in [5.74, 6) is -0.727. The van der Waals surface area contributed by atoms with Gasteiger partial charge >= 0.3 is 0 Å². The lowest BCUT2D eigenvalue weighted by Gasteiger charge is -2.22. The summed E-state index contributed by atoms with van der Waals surface area (Å²) in [6.07, 6.45) is 3.91. The molecule has 0 bridgehead atoms. The molecule has 0 saturated heterocycles.